The number of hydrogen-bond acceptors (Lipinski definition) is 4. The van der Waals surface area contributed by atoms with E-state index in [-0.39, 0.29) is 0 Å². The Morgan fingerprint density at radius 3 is 2.79 bits per heavy atom. The topological polar surface area (TPSA) is 56.9 Å². The van der Waals surface area contributed by atoms with Crippen LogP contribution in [-0.2, 0) is 4.79 Å². The number of carbonyl (C=O) groups is 1. The molecule has 0 amide bonds. The Morgan fingerprint density at radius 1 is 1.47 bits per heavy atom. The zero-order chi connectivity index (χ0) is 13.8. The van der Waals surface area contributed by atoms with Crippen LogP contribution in [0.15, 0.2) is 22.6 Å². The SMILES string of the molecule is CN1CCC(N(C)c2ccc(/C=C/C(=O)O)o2)CC1. The van der Waals surface area contributed by atoms with Crippen molar-refractivity contribution in [1.82, 2.24) is 4.90 Å². The smallest absolute Gasteiger partial charge is 0.328 e. The largest absolute Gasteiger partial charge is 0.478 e. The summed E-state index contributed by atoms with van der Waals surface area (Å²) >= 11 is 0. The van der Waals surface area contributed by atoms with Gasteiger partial charge < -0.3 is 19.3 Å². The van der Waals surface area contributed by atoms with E-state index in [0.717, 1.165) is 37.9 Å². The number of rotatable bonds is 4. The summed E-state index contributed by atoms with van der Waals surface area (Å²) in [5, 5.41) is 8.58. The number of likely N-dealkylation sites (tertiary alicyclic amines) is 1. The minimum atomic E-state index is -0.971. The monoisotopic (exact) mass is 264 g/mol. The normalized spacial score (nSPS) is 18.0. The van der Waals surface area contributed by atoms with Crippen LogP contribution in [0.2, 0.25) is 0 Å². The Kier molecular flexibility index (Phi) is 4.27. The van der Waals surface area contributed by atoms with E-state index >= 15 is 0 Å². The quantitative estimate of drug-likeness (QED) is 0.842. The molecule has 104 valence electrons. The van der Waals surface area contributed by atoms with E-state index < -0.39 is 5.97 Å². The van der Waals surface area contributed by atoms with Crippen LogP contribution >= 0.6 is 0 Å². The van der Waals surface area contributed by atoms with E-state index in [9.17, 15) is 4.79 Å². The molecule has 5 heteroatoms. The van der Waals surface area contributed by atoms with Crippen molar-refractivity contribution in [3.63, 3.8) is 0 Å². The highest BCUT2D eigenvalue weighted by Crippen LogP contribution is 2.24. The van der Waals surface area contributed by atoms with Gasteiger partial charge in [-0.05, 0) is 45.1 Å². The molecular weight excluding hydrogens is 244 g/mol. The molecule has 0 saturated carbocycles. The maximum atomic E-state index is 10.4. The molecule has 1 fully saturated rings. The summed E-state index contributed by atoms with van der Waals surface area (Å²) in [4.78, 5) is 14.9. The van der Waals surface area contributed by atoms with Gasteiger partial charge in [-0.2, -0.15) is 0 Å². The third-order valence-corrected chi connectivity index (χ3v) is 3.59. The summed E-state index contributed by atoms with van der Waals surface area (Å²) in [6.45, 7) is 2.20. The van der Waals surface area contributed by atoms with Crippen LogP contribution in [0.1, 0.15) is 18.6 Å². The molecule has 0 aliphatic carbocycles. The molecule has 1 aliphatic heterocycles. The van der Waals surface area contributed by atoms with Gasteiger partial charge >= 0.3 is 5.97 Å². The van der Waals surface area contributed by atoms with Gasteiger partial charge in [-0.3, -0.25) is 0 Å². The second kappa shape index (κ2) is 5.93. The van der Waals surface area contributed by atoms with Gasteiger partial charge in [0.2, 0.25) is 0 Å². The summed E-state index contributed by atoms with van der Waals surface area (Å²) in [5.41, 5.74) is 0. The van der Waals surface area contributed by atoms with Gasteiger partial charge in [-0.15, -0.1) is 0 Å². The maximum Gasteiger partial charge on any atom is 0.328 e. The van der Waals surface area contributed by atoms with Crippen molar-refractivity contribution in [2.45, 2.75) is 18.9 Å². The summed E-state index contributed by atoms with van der Waals surface area (Å²) in [6, 6.07) is 4.17. The first-order chi connectivity index (χ1) is 9.06. The standard InChI is InChI=1S/C14H20N2O3/c1-15-9-7-11(8-10-15)16(2)13-5-3-12(19-13)4-6-14(17)18/h3-6,11H,7-10H2,1-2H3,(H,17,18)/b6-4+. The minimum Gasteiger partial charge on any atom is -0.478 e. The summed E-state index contributed by atoms with van der Waals surface area (Å²) in [5.74, 6) is 0.387. The fourth-order valence-electron chi connectivity index (χ4n) is 2.34. The van der Waals surface area contributed by atoms with Crippen LogP contribution in [0, 0.1) is 0 Å². The van der Waals surface area contributed by atoms with Gasteiger partial charge in [0.25, 0.3) is 0 Å². The molecule has 0 aromatic carbocycles. The van der Waals surface area contributed by atoms with Crippen LogP contribution in [-0.4, -0.2) is 49.2 Å². The zero-order valence-electron chi connectivity index (χ0n) is 11.4. The molecule has 1 aromatic heterocycles. The third kappa shape index (κ3) is 3.61. The number of carboxylic acids is 1. The number of hydrogen-bond donors (Lipinski definition) is 1. The molecule has 0 atom stereocenters. The Morgan fingerprint density at radius 2 is 2.16 bits per heavy atom. The molecule has 0 spiro atoms. The van der Waals surface area contributed by atoms with Gasteiger partial charge in [-0.25, -0.2) is 4.79 Å². The highest BCUT2D eigenvalue weighted by Gasteiger charge is 2.22. The van der Waals surface area contributed by atoms with Crippen molar-refractivity contribution in [2.24, 2.45) is 0 Å². The van der Waals surface area contributed by atoms with Crippen molar-refractivity contribution in [3.05, 3.63) is 24.0 Å². The molecule has 0 unspecified atom stereocenters. The average Bonchev–Trinajstić information content (AvgIpc) is 2.85. The highest BCUT2D eigenvalue weighted by molar-refractivity contribution is 5.84. The number of furan rings is 1. The number of nitrogens with zero attached hydrogens (tertiary/aromatic N) is 2. The molecule has 2 heterocycles. The molecule has 1 saturated heterocycles. The van der Waals surface area contributed by atoms with Crippen molar-refractivity contribution >= 4 is 17.9 Å². The van der Waals surface area contributed by atoms with Crippen molar-refractivity contribution in [3.8, 4) is 0 Å². The van der Waals surface area contributed by atoms with Crippen molar-refractivity contribution in [2.75, 3.05) is 32.1 Å². The predicted octanol–water partition coefficient (Wildman–Crippen LogP) is 1.91. The van der Waals surface area contributed by atoms with Crippen LogP contribution in [0.4, 0.5) is 5.88 Å². The van der Waals surface area contributed by atoms with Crippen LogP contribution < -0.4 is 4.90 Å². The van der Waals surface area contributed by atoms with E-state index in [1.54, 1.807) is 6.07 Å². The molecule has 1 N–H and O–H groups in total. The Balaban J connectivity index is 1.99. The molecule has 0 bridgehead atoms. The fraction of sp³-hybridized carbons (Fsp3) is 0.500. The van der Waals surface area contributed by atoms with Gasteiger partial charge in [0.05, 0.1) is 0 Å². The molecular formula is C14H20N2O3. The van der Waals surface area contributed by atoms with Crippen LogP contribution in [0.5, 0.6) is 0 Å². The fourth-order valence-corrected chi connectivity index (χ4v) is 2.34. The van der Waals surface area contributed by atoms with E-state index in [1.165, 1.54) is 6.08 Å². The number of anilines is 1. The Bertz CT molecular complexity index is 459. The maximum absolute atomic E-state index is 10.4. The minimum absolute atomic E-state index is 0.485. The number of carboxylic acid groups (broad SMARTS) is 1. The lowest BCUT2D eigenvalue weighted by Gasteiger charge is -2.34. The summed E-state index contributed by atoms with van der Waals surface area (Å²) in [7, 11) is 4.16. The molecule has 2 rings (SSSR count). The van der Waals surface area contributed by atoms with E-state index in [0.29, 0.717) is 11.8 Å². The zero-order valence-corrected chi connectivity index (χ0v) is 11.4. The second-order valence-corrected chi connectivity index (χ2v) is 4.99. The van der Waals surface area contributed by atoms with Crippen LogP contribution in [0.3, 0.4) is 0 Å². The first kappa shape index (κ1) is 13.7. The van der Waals surface area contributed by atoms with Gasteiger partial charge in [-0.1, -0.05) is 0 Å². The predicted molar refractivity (Wildman–Crippen MR) is 74.3 cm³/mol. The van der Waals surface area contributed by atoms with Gasteiger partial charge in [0.15, 0.2) is 5.88 Å². The van der Waals surface area contributed by atoms with Gasteiger partial charge in [0.1, 0.15) is 5.76 Å². The first-order valence-corrected chi connectivity index (χ1v) is 6.48. The highest BCUT2D eigenvalue weighted by atomic mass is 16.4. The summed E-state index contributed by atoms with van der Waals surface area (Å²) < 4.78 is 5.64. The summed E-state index contributed by atoms with van der Waals surface area (Å²) in [6.07, 6.45) is 4.79. The van der Waals surface area contributed by atoms with E-state index in [2.05, 4.69) is 16.8 Å². The average molecular weight is 264 g/mol. The second-order valence-electron chi connectivity index (χ2n) is 4.99. The van der Waals surface area contributed by atoms with E-state index in [1.807, 2.05) is 13.1 Å². The van der Waals surface area contributed by atoms with Crippen molar-refractivity contribution in [1.29, 1.82) is 0 Å². The van der Waals surface area contributed by atoms with E-state index in [4.69, 9.17) is 9.52 Å². The number of piperidine rings is 1. The van der Waals surface area contributed by atoms with Crippen LogP contribution in [0.25, 0.3) is 6.08 Å². The van der Waals surface area contributed by atoms with Gasteiger partial charge in [0, 0.05) is 25.2 Å². The van der Waals surface area contributed by atoms with Crippen molar-refractivity contribution < 1.29 is 14.3 Å². The Hall–Kier alpha value is -1.75. The molecule has 0 radical (unpaired) electrons. The molecule has 1 aliphatic rings. The number of aliphatic carboxylic acids is 1. The Labute approximate surface area is 113 Å². The lowest BCUT2D eigenvalue weighted by Crippen LogP contribution is -2.41. The molecule has 5 nitrogen and oxygen atoms in total. The molecule has 19 heavy (non-hydrogen) atoms. The third-order valence-electron chi connectivity index (χ3n) is 3.59. The molecule has 1 aromatic rings. The first-order valence-electron chi connectivity index (χ1n) is 6.48. The lowest BCUT2D eigenvalue weighted by molar-refractivity contribution is -0.131. The lowest BCUT2D eigenvalue weighted by atomic mass is 10.0.